The molecule has 0 amide bonds. The van der Waals surface area contributed by atoms with E-state index in [-0.39, 0.29) is 5.78 Å². The lowest BCUT2D eigenvalue weighted by Crippen LogP contribution is -2.27. The van der Waals surface area contributed by atoms with Crippen molar-refractivity contribution in [2.45, 2.75) is 45.4 Å². The molecule has 34 heavy (non-hydrogen) atoms. The fraction of sp³-hybridized carbons (Fsp3) is 0.308. The van der Waals surface area contributed by atoms with Crippen molar-refractivity contribution >= 4 is 51.9 Å². The summed E-state index contributed by atoms with van der Waals surface area (Å²) >= 11 is 13.4. The molecule has 2 aliphatic rings. The van der Waals surface area contributed by atoms with Crippen LogP contribution >= 0.6 is 34.5 Å². The number of hydrogen-bond donors (Lipinski definition) is 0. The minimum absolute atomic E-state index is 0.0185. The lowest BCUT2D eigenvalue weighted by atomic mass is 9.72. The van der Waals surface area contributed by atoms with Gasteiger partial charge in [0.2, 0.25) is 0 Å². The van der Waals surface area contributed by atoms with Crippen LogP contribution in [0.25, 0.3) is 16.1 Å². The molecule has 5 rings (SSSR count). The van der Waals surface area contributed by atoms with Gasteiger partial charge in [-0.1, -0.05) is 54.6 Å². The lowest BCUT2D eigenvalue weighted by molar-refractivity contribution is -0.114. The number of carbonyl (C=O) groups is 2. The SMILES string of the molecule is Cc1sc(-c2ccc(Cl)cc2)nc1C1=C(OC(=O)c2ccc(Cl)nc2)C2(CCCCC2)CC1=O. The molecule has 0 bridgehead atoms. The average molecular weight is 513 g/mol. The van der Waals surface area contributed by atoms with Crippen molar-refractivity contribution in [3.05, 3.63) is 74.7 Å². The Hall–Kier alpha value is -2.54. The Labute approximate surface area is 211 Å². The van der Waals surface area contributed by atoms with Crippen molar-refractivity contribution in [3.63, 3.8) is 0 Å². The molecule has 2 aromatic heterocycles. The summed E-state index contributed by atoms with van der Waals surface area (Å²) < 4.78 is 6.04. The number of esters is 1. The van der Waals surface area contributed by atoms with Crippen LogP contribution < -0.4 is 0 Å². The van der Waals surface area contributed by atoms with E-state index in [4.69, 9.17) is 32.9 Å². The highest BCUT2D eigenvalue weighted by molar-refractivity contribution is 7.15. The Balaban J connectivity index is 1.60. The number of ketones is 1. The van der Waals surface area contributed by atoms with Crippen LogP contribution in [0.4, 0.5) is 0 Å². The smallest absolute Gasteiger partial charge is 0.344 e. The van der Waals surface area contributed by atoms with Gasteiger partial charge in [0, 0.05) is 33.5 Å². The molecule has 1 saturated carbocycles. The number of benzene rings is 1. The zero-order chi connectivity index (χ0) is 23.9. The molecular weight excluding hydrogens is 491 g/mol. The molecule has 5 nitrogen and oxygen atoms in total. The van der Waals surface area contributed by atoms with Crippen molar-refractivity contribution in [2.75, 3.05) is 0 Å². The van der Waals surface area contributed by atoms with Gasteiger partial charge in [0.05, 0.1) is 16.8 Å². The molecule has 1 aromatic carbocycles. The fourth-order valence-corrected chi connectivity index (χ4v) is 6.05. The van der Waals surface area contributed by atoms with E-state index in [0.717, 1.165) is 47.6 Å². The number of thiazole rings is 1. The standard InChI is InChI=1S/C26H22Cl2N2O3S/c1-15-22(30-24(34-15)16-5-8-18(27)9-6-16)21-19(31)13-26(11-3-2-4-12-26)23(21)33-25(32)17-7-10-20(28)29-14-17/h5-10,14H,2-4,11-13H2,1H3. The molecule has 2 aliphatic carbocycles. The maximum Gasteiger partial charge on any atom is 0.344 e. The molecule has 1 spiro atoms. The highest BCUT2D eigenvalue weighted by Gasteiger charge is 2.49. The van der Waals surface area contributed by atoms with Crippen molar-refractivity contribution in [1.29, 1.82) is 0 Å². The summed E-state index contributed by atoms with van der Waals surface area (Å²) in [5, 5.41) is 1.74. The van der Waals surface area contributed by atoms with E-state index >= 15 is 0 Å². The molecule has 0 aliphatic heterocycles. The third-order valence-corrected chi connectivity index (χ3v) is 8.08. The summed E-state index contributed by atoms with van der Waals surface area (Å²) in [6.45, 7) is 1.95. The van der Waals surface area contributed by atoms with E-state index in [9.17, 15) is 9.59 Å². The largest absolute Gasteiger partial charge is 0.426 e. The Morgan fingerprint density at radius 2 is 1.79 bits per heavy atom. The zero-order valence-electron chi connectivity index (χ0n) is 18.6. The Morgan fingerprint density at radius 1 is 1.06 bits per heavy atom. The summed E-state index contributed by atoms with van der Waals surface area (Å²) in [7, 11) is 0. The van der Waals surface area contributed by atoms with Gasteiger partial charge in [-0.25, -0.2) is 14.8 Å². The first kappa shape index (κ1) is 23.2. The number of Topliss-reactive ketones (excluding diaryl/α,β-unsaturated/α-hetero) is 1. The van der Waals surface area contributed by atoms with E-state index in [1.165, 1.54) is 17.5 Å². The number of ether oxygens (including phenoxy) is 1. The molecule has 0 saturated heterocycles. The molecule has 2 heterocycles. The van der Waals surface area contributed by atoms with Gasteiger partial charge in [-0.2, -0.15) is 0 Å². The van der Waals surface area contributed by atoms with Crippen LogP contribution in [-0.4, -0.2) is 21.7 Å². The number of nitrogens with zero attached hydrogens (tertiary/aromatic N) is 2. The molecule has 0 atom stereocenters. The highest BCUT2D eigenvalue weighted by atomic mass is 35.5. The Kier molecular flexibility index (Phi) is 6.32. The van der Waals surface area contributed by atoms with Crippen molar-refractivity contribution < 1.29 is 14.3 Å². The van der Waals surface area contributed by atoms with Crippen LogP contribution in [0.2, 0.25) is 10.2 Å². The van der Waals surface area contributed by atoms with Crippen molar-refractivity contribution in [1.82, 2.24) is 9.97 Å². The molecule has 0 unspecified atom stereocenters. The third-order valence-electron chi connectivity index (χ3n) is 6.58. The zero-order valence-corrected chi connectivity index (χ0v) is 20.9. The van der Waals surface area contributed by atoms with E-state index in [2.05, 4.69) is 4.98 Å². The van der Waals surface area contributed by atoms with Crippen LogP contribution in [0.3, 0.4) is 0 Å². The quantitative estimate of drug-likeness (QED) is 0.270. The van der Waals surface area contributed by atoms with Gasteiger partial charge in [-0.15, -0.1) is 11.3 Å². The van der Waals surface area contributed by atoms with Gasteiger partial charge in [0.15, 0.2) is 5.78 Å². The predicted octanol–water partition coefficient (Wildman–Crippen LogP) is 7.31. The van der Waals surface area contributed by atoms with E-state index in [0.29, 0.717) is 39.2 Å². The minimum Gasteiger partial charge on any atom is -0.426 e. The maximum atomic E-state index is 13.4. The first-order chi connectivity index (χ1) is 16.4. The molecule has 174 valence electrons. The molecule has 0 N–H and O–H groups in total. The van der Waals surface area contributed by atoms with Crippen LogP contribution in [0.15, 0.2) is 48.4 Å². The second-order valence-corrected chi connectivity index (χ2v) is 10.9. The van der Waals surface area contributed by atoms with Gasteiger partial charge >= 0.3 is 5.97 Å². The monoisotopic (exact) mass is 512 g/mol. The van der Waals surface area contributed by atoms with Crippen molar-refractivity contribution in [2.24, 2.45) is 5.41 Å². The Morgan fingerprint density at radius 3 is 2.47 bits per heavy atom. The summed E-state index contributed by atoms with van der Waals surface area (Å²) in [5.74, 6) is -0.0923. The summed E-state index contributed by atoms with van der Waals surface area (Å²) in [5.41, 5.74) is 1.79. The number of hydrogen-bond acceptors (Lipinski definition) is 6. The number of aromatic nitrogens is 2. The number of carbonyl (C=O) groups excluding carboxylic acids is 2. The first-order valence-electron chi connectivity index (χ1n) is 11.2. The van der Waals surface area contributed by atoms with E-state index < -0.39 is 11.4 Å². The third kappa shape index (κ3) is 4.30. The fourth-order valence-electron chi connectivity index (χ4n) is 4.89. The van der Waals surface area contributed by atoms with Crippen LogP contribution in [0, 0.1) is 12.3 Å². The predicted molar refractivity (Wildman–Crippen MR) is 134 cm³/mol. The number of allylic oxidation sites excluding steroid dienone is 2. The van der Waals surface area contributed by atoms with Crippen LogP contribution in [-0.2, 0) is 9.53 Å². The maximum absolute atomic E-state index is 13.4. The van der Waals surface area contributed by atoms with Crippen LogP contribution in [0.5, 0.6) is 0 Å². The first-order valence-corrected chi connectivity index (χ1v) is 12.8. The number of aryl methyl sites for hydroxylation is 1. The number of pyridine rings is 1. The van der Waals surface area contributed by atoms with E-state index in [1.54, 1.807) is 12.1 Å². The highest BCUT2D eigenvalue weighted by Crippen LogP contribution is 2.54. The van der Waals surface area contributed by atoms with Gasteiger partial charge < -0.3 is 4.74 Å². The summed E-state index contributed by atoms with van der Waals surface area (Å²) in [4.78, 5) is 36.2. The summed E-state index contributed by atoms with van der Waals surface area (Å²) in [6, 6.07) is 10.6. The van der Waals surface area contributed by atoms with E-state index in [1.807, 2.05) is 31.2 Å². The normalized spacial score (nSPS) is 17.4. The van der Waals surface area contributed by atoms with Gasteiger partial charge in [0.1, 0.15) is 15.9 Å². The molecule has 1 fully saturated rings. The second kappa shape index (κ2) is 9.25. The molecular formula is C26H22Cl2N2O3S. The number of rotatable bonds is 4. The van der Waals surface area contributed by atoms with Gasteiger partial charge in [-0.3, -0.25) is 4.79 Å². The molecule has 0 radical (unpaired) electrons. The number of halogens is 2. The van der Waals surface area contributed by atoms with Gasteiger partial charge in [0.25, 0.3) is 0 Å². The lowest BCUT2D eigenvalue weighted by Gasteiger charge is -2.34. The Bertz CT molecular complexity index is 1290. The van der Waals surface area contributed by atoms with Crippen LogP contribution in [0.1, 0.15) is 59.5 Å². The molecule has 8 heteroatoms. The summed E-state index contributed by atoms with van der Waals surface area (Å²) in [6.07, 6.45) is 6.48. The van der Waals surface area contributed by atoms with Gasteiger partial charge in [-0.05, 0) is 44.0 Å². The topological polar surface area (TPSA) is 69.2 Å². The molecule has 3 aromatic rings. The second-order valence-electron chi connectivity index (χ2n) is 8.83. The average Bonchev–Trinajstić information content (AvgIpc) is 3.32. The van der Waals surface area contributed by atoms with Crippen molar-refractivity contribution in [3.8, 4) is 10.6 Å². The minimum atomic E-state index is -0.540.